The zero-order chi connectivity index (χ0) is 14.7. The summed E-state index contributed by atoms with van der Waals surface area (Å²) in [7, 11) is 0. The van der Waals surface area contributed by atoms with Gasteiger partial charge < -0.3 is 0 Å². The van der Waals surface area contributed by atoms with Gasteiger partial charge in [0.25, 0.3) is 0 Å². The average molecular weight is 289 g/mol. The molecule has 3 fully saturated rings. The fraction of sp³-hybridized carbons (Fsp3) is 0.944. The van der Waals surface area contributed by atoms with Gasteiger partial charge in [-0.15, -0.1) is 0 Å². The predicted octanol–water partition coefficient (Wildman–Crippen LogP) is 3.46. The molecule has 3 aliphatic rings. The minimum Gasteiger partial charge on any atom is -0.299 e. The van der Waals surface area contributed by atoms with Crippen molar-refractivity contribution < 1.29 is 0 Å². The van der Waals surface area contributed by atoms with Crippen molar-refractivity contribution in [1.29, 1.82) is 5.26 Å². The quantitative estimate of drug-likeness (QED) is 0.861. The van der Waals surface area contributed by atoms with Crippen molar-refractivity contribution in [3.63, 3.8) is 0 Å². The second-order valence-electron chi connectivity index (χ2n) is 7.51. The molecule has 118 valence electrons. The van der Waals surface area contributed by atoms with E-state index in [9.17, 15) is 5.26 Å². The molecule has 1 saturated heterocycles. The highest BCUT2D eigenvalue weighted by Crippen LogP contribution is 2.41. The normalized spacial score (nSPS) is 40.7. The van der Waals surface area contributed by atoms with Gasteiger partial charge in [0.15, 0.2) is 0 Å². The first-order valence-corrected chi connectivity index (χ1v) is 9.20. The molecule has 21 heavy (non-hydrogen) atoms. The second-order valence-corrected chi connectivity index (χ2v) is 7.51. The number of likely N-dealkylation sites (tertiary alicyclic amines) is 1. The van der Waals surface area contributed by atoms with Crippen LogP contribution in [0.15, 0.2) is 0 Å². The molecule has 1 aliphatic heterocycles. The summed E-state index contributed by atoms with van der Waals surface area (Å²) < 4.78 is 0. The van der Waals surface area contributed by atoms with Crippen molar-refractivity contribution in [2.75, 3.05) is 13.1 Å². The highest BCUT2D eigenvalue weighted by molar-refractivity contribution is 5.12. The molecule has 2 aliphatic carbocycles. The Morgan fingerprint density at radius 1 is 1.19 bits per heavy atom. The maximum absolute atomic E-state index is 9.73. The number of hydrogen-bond donors (Lipinski definition) is 1. The lowest BCUT2D eigenvalue weighted by Gasteiger charge is -2.44. The number of nitrogens with one attached hydrogen (secondary N) is 1. The van der Waals surface area contributed by atoms with E-state index >= 15 is 0 Å². The van der Waals surface area contributed by atoms with Crippen molar-refractivity contribution in [1.82, 2.24) is 10.2 Å². The van der Waals surface area contributed by atoms with E-state index in [0.29, 0.717) is 6.04 Å². The maximum Gasteiger partial charge on any atom is 0.108 e. The lowest BCUT2D eigenvalue weighted by Crippen LogP contribution is -2.54. The van der Waals surface area contributed by atoms with Gasteiger partial charge in [0.1, 0.15) is 5.54 Å². The van der Waals surface area contributed by atoms with Crippen molar-refractivity contribution in [2.45, 2.75) is 88.8 Å². The van der Waals surface area contributed by atoms with Gasteiger partial charge in [-0.1, -0.05) is 19.8 Å². The van der Waals surface area contributed by atoms with Gasteiger partial charge in [0, 0.05) is 12.1 Å². The lowest BCUT2D eigenvalue weighted by molar-refractivity contribution is 0.0836. The SMILES string of the molecule is CCCNC1(C#N)CCCC(N2CCC3CCCCC32)C1. The van der Waals surface area contributed by atoms with Gasteiger partial charge in [0.05, 0.1) is 6.07 Å². The van der Waals surface area contributed by atoms with Crippen LogP contribution in [0.25, 0.3) is 0 Å². The molecule has 4 atom stereocenters. The van der Waals surface area contributed by atoms with E-state index in [-0.39, 0.29) is 5.54 Å². The molecule has 0 aromatic heterocycles. The Labute approximate surface area is 130 Å². The van der Waals surface area contributed by atoms with Crippen LogP contribution < -0.4 is 5.32 Å². The van der Waals surface area contributed by atoms with E-state index in [0.717, 1.165) is 37.8 Å². The lowest BCUT2D eigenvalue weighted by atomic mass is 9.78. The van der Waals surface area contributed by atoms with Crippen LogP contribution in [-0.4, -0.2) is 35.6 Å². The number of hydrogen-bond acceptors (Lipinski definition) is 3. The molecule has 4 unspecified atom stereocenters. The Morgan fingerprint density at radius 2 is 2.05 bits per heavy atom. The standard InChI is InChI=1S/C18H31N3/c1-2-11-20-18(14-19)10-5-7-16(13-18)21-12-9-15-6-3-4-8-17(15)21/h15-17,20H,2-13H2,1H3. The van der Waals surface area contributed by atoms with E-state index in [2.05, 4.69) is 23.2 Å². The van der Waals surface area contributed by atoms with Crippen LogP contribution in [-0.2, 0) is 0 Å². The van der Waals surface area contributed by atoms with Gasteiger partial charge in [-0.3, -0.25) is 10.2 Å². The number of nitriles is 1. The molecular weight excluding hydrogens is 258 g/mol. The van der Waals surface area contributed by atoms with Crippen LogP contribution in [0.3, 0.4) is 0 Å². The summed E-state index contributed by atoms with van der Waals surface area (Å²) in [6, 6.07) is 4.13. The van der Waals surface area contributed by atoms with Crippen LogP contribution in [0.2, 0.25) is 0 Å². The molecular formula is C18H31N3. The molecule has 0 radical (unpaired) electrons. The zero-order valence-corrected chi connectivity index (χ0v) is 13.6. The van der Waals surface area contributed by atoms with Crippen LogP contribution in [0.5, 0.6) is 0 Å². The highest BCUT2D eigenvalue weighted by atomic mass is 15.2. The molecule has 3 nitrogen and oxygen atoms in total. The molecule has 0 spiro atoms. The van der Waals surface area contributed by atoms with Gasteiger partial charge in [-0.25, -0.2) is 0 Å². The van der Waals surface area contributed by atoms with Crippen LogP contribution in [0.1, 0.15) is 71.1 Å². The molecule has 0 bridgehead atoms. The van der Waals surface area contributed by atoms with Gasteiger partial charge >= 0.3 is 0 Å². The van der Waals surface area contributed by atoms with E-state index in [1.165, 1.54) is 51.5 Å². The van der Waals surface area contributed by atoms with E-state index < -0.39 is 0 Å². The van der Waals surface area contributed by atoms with Crippen LogP contribution in [0.4, 0.5) is 0 Å². The summed E-state index contributed by atoms with van der Waals surface area (Å²) in [5.41, 5.74) is -0.244. The molecule has 0 aromatic rings. The van der Waals surface area contributed by atoms with E-state index in [1.54, 1.807) is 0 Å². The van der Waals surface area contributed by atoms with Crippen molar-refractivity contribution >= 4 is 0 Å². The molecule has 0 amide bonds. The van der Waals surface area contributed by atoms with E-state index in [4.69, 9.17) is 0 Å². The molecule has 2 saturated carbocycles. The first kappa shape index (κ1) is 15.3. The average Bonchev–Trinajstić information content (AvgIpc) is 2.97. The highest BCUT2D eigenvalue weighted by Gasteiger charge is 2.44. The second kappa shape index (κ2) is 6.67. The summed E-state index contributed by atoms with van der Waals surface area (Å²) in [4.78, 5) is 2.81. The van der Waals surface area contributed by atoms with Crippen LogP contribution in [0, 0.1) is 17.2 Å². The Bertz CT molecular complexity index is 388. The topological polar surface area (TPSA) is 39.1 Å². The number of rotatable bonds is 4. The molecule has 1 heterocycles. The first-order chi connectivity index (χ1) is 10.3. The minimum absolute atomic E-state index is 0.244. The van der Waals surface area contributed by atoms with Gasteiger partial charge in [0.2, 0.25) is 0 Å². The molecule has 3 rings (SSSR count). The fourth-order valence-corrected chi connectivity index (χ4v) is 5.09. The van der Waals surface area contributed by atoms with E-state index in [1.807, 2.05) is 0 Å². The Kier molecular flexibility index (Phi) is 4.86. The Morgan fingerprint density at radius 3 is 2.86 bits per heavy atom. The Balaban J connectivity index is 1.66. The van der Waals surface area contributed by atoms with Gasteiger partial charge in [-0.05, 0) is 70.4 Å². The largest absolute Gasteiger partial charge is 0.299 e. The summed E-state index contributed by atoms with van der Waals surface area (Å²) in [6.45, 7) is 4.45. The number of fused-ring (bicyclic) bond motifs is 1. The fourth-order valence-electron chi connectivity index (χ4n) is 5.09. The van der Waals surface area contributed by atoms with Crippen LogP contribution >= 0.6 is 0 Å². The van der Waals surface area contributed by atoms with Crippen molar-refractivity contribution in [2.24, 2.45) is 5.92 Å². The smallest absolute Gasteiger partial charge is 0.108 e. The summed E-state index contributed by atoms with van der Waals surface area (Å²) in [5, 5.41) is 13.3. The molecule has 0 aromatic carbocycles. The molecule has 3 heteroatoms. The zero-order valence-electron chi connectivity index (χ0n) is 13.6. The summed E-state index contributed by atoms with van der Waals surface area (Å²) >= 11 is 0. The first-order valence-electron chi connectivity index (χ1n) is 9.20. The third kappa shape index (κ3) is 3.12. The number of nitrogens with zero attached hydrogens (tertiary/aromatic N) is 2. The third-order valence-electron chi connectivity index (χ3n) is 6.17. The third-order valence-corrected chi connectivity index (χ3v) is 6.17. The predicted molar refractivity (Wildman–Crippen MR) is 86.0 cm³/mol. The van der Waals surface area contributed by atoms with Crippen molar-refractivity contribution in [3.05, 3.63) is 0 Å². The van der Waals surface area contributed by atoms with Gasteiger partial charge in [-0.2, -0.15) is 5.26 Å². The molecule has 1 N–H and O–H groups in total. The maximum atomic E-state index is 9.73. The summed E-state index contributed by atoms with van der Waals surface area (Å²) in [5.74, 6) is 0.959. The Hall–Kier alpha value is -0.590. The van der Waals surface area contributed by atoms with Crippen molar-refractivity contribution in [3.8, 4) is 6.07 Å². The summed E-state index contributed by atoms with van der Waals surface area (Å²) in [6.07, 6.45) is 12.8. The monoisotopic (exact) mass is 289 g/mol. The minimum atomic E-state index is -0.244.